The van der Waals surface area contributed by atoms with E-state index in [0.29, 0.717) is 11.3 Å². The number of benzene rings is 1. The Morgan fingerprint density at radius 1 is 1.38 bits per heavy atom. The average Bonchev–Trinajstić information content (AvgIpc) is 3.01. The third kappa shape index (κ3) is 3.39. The Kier molecular flexibility index (Phi) is 4.90. The molecular weight excluding hydrogens is 391 g/mol. The number of H-pyrrole nitrogens is 1. The van der Waals surface area contributed by atoms with Gasteiger partial charge >= 0.3 is 0 Å². The fourth-order valence-corrected chi connectivity index (χ4v) is 4.52. The lowest BCUT2D eigenvalue weighted by Gasteiger charge is -2.22. The van der Waals surface area contributed by atoms with Gasteiger partial charge in [0.2, 0.25) is 6.43 Å². The third-order valence-electron chi connectivity index (χ3n) is 4.34. The molecule has 26 heavy (non-hydrogen) atoms. The molecule has 0 aliphatic heterocycles. The average molecular weight is 404 g/mol. The van der Waals surface area contributed by atoms with E-state index in [9.17, 15) is 21.6 Å². The van der Waals surface area contributed by atoms with Crippen molar-refractivity contribution >= 4 is 27.3 Å². The van der Waals surface area contributed by atoms with Gasteiger partial charge < -0.3 is 4.98 Å². The van der Waals surface area contributed by atoms with Crippen molar-refractivity contribution in [2.75, 3.05) is 4.72 Å². The van der Waals surface area contributed by atoms with Crippen molar-refractivity contribution in [1.29, 1.82) is 5.26 Å². The Balaban J connectivity index is 1.92. The predicted molar refractivity (Wildman–Crippen MR) is 89.2 cm³/mol. The molecule has 3 rings (SSSR count). The number of hydrogen-bond donors (Lipinski definition) is 2. The van der Waals surface area contributed by atoms with Gasteiger partial charge in [0.15, 0.2) is 0 Å². The van der Waals surface area contributed by atoms with E-state index in [1.807, 2.05) is 0 Å². The SMILES string of the molecule is N#Cc1cc(F)c(NS(=O)(=O)c2c[nH]c3c2CCC(C(F)F)C3)cc1Cl. The molecule has 0 saturated heterocycles. The molecule has 0 saturated carbocycles. The van der Waals surface area contributed by atoms with Gasteiger partial charge in [0.1, 0.15) is 16.8 Å². The summed E-state index contributed by atoms with van der Waals surface area (Å²) >= 11 is 5.82. The highest BCUT2D eigenvalue weighted by Gasteiger charge is 2.32. The molecule has 1 heterocycles. The maximum atomic E-state index is 14.0. The normalized spacial score (nSPS) is 17.0. The number of rotatable bonds is 4. The van der Waals surface area contributed by atoms with Crippen LogP contribution in [0, 0.1) is 23.1 Å². The van der Waals surface area contributed by atoms with Gasteiger partial charge in [-0.3, -0.25) is 4.72 Å². The Morgan fingerprint density at radius 2 is 2.12 bits per heavy atom. The molecule has 1 unspecified atom stereocenters. The molecule has 1 aromatic carbocycles. The van der Waals surface area contributed by atoms with Crippen LogP contribution >= 0.6 is 11.6 Å². The lowest BCUT2D eigenvalue weighted by Crippen LogP contribution is -2.22. The lowest BCUT2D eigenvalue weighted by molar-refractivity contribution is 0.0689. The largest absolute Gasteiger partial charge is 0.363 e. The van der Waals surface area contributed by atoms with E-state index in [2.05, 4.69) is 9.71 Å². The molecule has 0 bridgehead atoms. The smallest absolute Gasteiger partial charge is 0.263 e. The molecule has 1 aliphatic carbocycles. The van der Waals surface area contributed by atoms with Crippen LogP contribution in [0.2, 0.25) is 5.02 Å². The number of fused-ring (bicyclic) bond motifs is 1. The first-order valence-electron chi connectivity index (χ1n) is 7.62. The number of hydrogen-bond acceptors (Lipinski definition) is 3. The lowest BCUT2D eigenvalue weighted by atomic mass is 9.88. The zero-order valence-electron chi connectivity index (χ0n) is 13.2. The number of alkyl halides is 2. The van der Waals surface area contributed by atoms with Crippen LogP contribution in [0.5, 0.6) is 0 Å². The van der Waals surface area contributed by atoms with Crippen molar-refractivity contribution in [2.24, 2.45) is 5.92 Å². The van der Waals surface area contributed by atoms with Gasteiger partial charge in [0, 0.05) is 17.8 Å². The number of nitrogens with zero attached hydrogens (tertiary/aromatic N) is 1. The summed E-state index contributed by atoms with van der Waals surface area (Å²) in [5.74, 6) is -1.77. The first kappa shape index (κ1) is 18.6. The highest BCUT2D eigenvalue weighted by molar-refractivity contribution is 7.92. The van der Waals surface area contributed by atoms with Crippen molar-refractivity contribution in [3.05, 3.63) is 46.0 Å². The summed E-state index contributed by atoms with van der Waals surface area (Å²) in [5.41, 5.74) is 0.351. The Morgan fingerprint density at radius 3 is 2.77 bits per heavy atom. The summed E-state index contributed by atoms with van der Waals surface area (Å²) in [7, 11) is -4.16. The van der Waals surface area contributed by atoms with Crippen molar-refractivity contribution in [2.45, 2.75) is 30.6 Å². The first-order chi connectivity index (χ1) is 12.2. The van der Waals surface area contributed by atoms with Gasteiger partial charge in [-0.15, -0.1) is 0 Å². The van der Waals surface area contributed by atoms with Crippen molar-refractivity contribution in [1.82, 2.24) is 4.98 Å². The van der Waals surface area contributed by atoms with Crippen molar-refractivity contribution < 1.29 is 21.6 Å². The Labute approximate surface area is 152 Å². The molecule has 138 valence electrons. The minimum Gasteiger partial charge on any atom is -0.363 e. The highest BCUT2D eigenvalue weighted by atomic mass is 35.5. The minimum absolute atomic E-state index is 0.0551. The predicted octanol–water partition coefficient (Wildman–Crippen LogP) is 3.85. The Bertz CT molecular complexity index is 999. The second kappa shape index (κ2) is 6.85. The number of halogens is 4. The second-order valence-corrected chi connectivity index (χ2v) is 8.03. The molecule has 5 nitrogen and oxygen atoms in total. The summed E-state index contributed by atoms with van der Waals surface area (Å²) in [5, 5.41) is 8.72. The van der Waals surface area contributed by atoms with E-state index in [0.717, 1.165) is 12.1 Å². The van der Waals surface area contributed by atoms with Crippen LogP contribution in [0.25, 0.3) is 0 Å². The molecule has 1 aromatic heterocycles. The van der Waals surface area contributed by atoms with Crippen LogP contribution in [0.1, 0.15) is 23.2 Å². The Hall–Kier alpha value is -2.18. The quantitative estimate of drug-likeness (QED) is 0.813. The van der Waals surface area contributed by atoms with E-state index in [-0.39, 0.29) is 34.7 Å². The molecule has 0 spiro atoms. The number of sulfonamides is 1. The molecular formula is C16H13ClF3N3O2S. The molecule has 1 aliphatic rings. The van der Waals surface area contributed by atoms with Gasteiger partial charge in [-0.2, -0.15) is 5.26 Å². The standard InChI is InChI=1S/C16H13ClF3N3O2S/c17-11-5-14(12(18)3-9(11)6-21)23-26(24,25)15-7-22-13-4-8(16(19)20)1-2-10(13)15/h3,5,7-8,16,22-23H,1-2,4H2. The van der Waals surface area contributed by atoms with Gasteiger partial charge in [0.25, 0.3) is 10.0 Å². The molecule has 0 amide bonds. The number of anilines is 1. The van der Waals surface area contributed by atoms with E-state index < -0.39 is 33.9 Å². The van der Waals surface area contributed by atoms with E-state index in [1.165, 1.54) is 6.20 Å². The van der Waals surface area contributed by atoms with Crippen LogP contribution in [-0.4, -0.2) is 19.8 Å². The fourth-order valence-electron chi connectivity index (χ4n) is 2.99. The second-order valence-electron chi connectivity index (χ2n) is 5.98. The van der Waals surface area contributed by atoms with Crippen LogP contribution in [0.3, 0.4) is 0 Å². The van der Waals surface area contributed by atoms with Crippen molar-refractivity contribution in [3.8, 4) is 6.07 Å². The van der Waals surface area contributed by atoms with Crippen molar-refractivity contribution in [3.63, 3.8) is 0 Å². The molecule has 1 atom stereocenters. The summed E-state index contributed by atoms with van der Waals surface area (Å²) in [6, 6.07) is 3.54. The first-order valence-corrected chi connectivity index (χ1v) is 9.48. The number of aromatic amines is 1. The molecule has 2 N–H and O–H groups in total. The van der Waals surface area contributed by atoms with Crippen LogP contribution in [-0.2, 0) is 22.9 Å². The van der Waals surface area contributed by atoms with Crippen LogP contribution in [0.15, 0.2) is 23.2 Å². The summed E-state index contributed by atoms with van der Waals surface area (Å²) in [6.07, 6.45) is -0.855. The van der Waals surface area contributed by atoms with E-state index in [4.69, 9.17) is 16.9 Å². The summed E-state index contributed by atoms with van der Waals surface area (Å²) in [4.78, 5) is 2.62. The highest BCUT2D eigenvalue weighted by Crippen LogP contribution is 2.34. The minimum atomic E-state index is -4.16. The zero-order valence-corrected chi connectivity index (χ0v) is 14.8. The van der Waals surface area contributed by atoms with Gasteiger partial charge in [-0.25, -0.2) is 21.6 Å². The van der Waals surface area contributed by atoms with Gasteiger partial charge in [-0.05, 0) is 37.0 Å². The third-order valence-corrected chi connectivity index (χ3v) is 6.08. The maximum absolute atomic E-state index is 14.0. The van der Waals surface area contributed by atoms with Gasteiger partial charge in [-0.1, -0.05) is 11.6 Å². The molecule has 0 radical (unpaired) electrons. The zero-order chi connectivity index (χ0) is 19.1. The topological polar surface area (TPSA) is 85.8 Å². The van der Waals surface area contributed by atoms with Crippen LogP contribution < -0.4 is 4.72 Å². The van der Waals surface area contributed by atoms with Crippen LogP contribution in [0.4, 0.5) is 18.9 Å². The summed E-state index contributed by atoms with van der Waals surface area (Å²) in [6.45, 7) is 0. The molecule has 10 heteroatoms. The summed E-state index contributed by atoms with van der Waals surface area (Å²) < 4.78 is 67.1. The van der Waals surface area contributed by atoms with E-state index in [1.54, 1.807) is 6.07 Å². The molecule has 0 fully saturated rings. The monoisotopic (exact) mass is 403 g/mol. The maximum Gasteiger partial charge on any atom is 0.263 e. The van der Waals surface area contributed by atoms with Gasteiger partial charge in [0.05, 0.1) is 16.3 Å². The number of aromatic nitrogens is 1. The molecule has 2 aromatic rings. The number of nitrogens with one attached hydrogen (secondary N) is 2. The number of nitriles is 1. The fraction of sp³-hybridized carbons (Fsp3) is 0.312. The van der Waals surface area contributed by atoms with E-state index >= 15 is 0 Å².